The fourth-order valence-electron chi connectivity index (χ4n) is 1.66. The quantitative estimate of drug-likeness (QED) is 0.815. The molecule has 0 aliphatic heterocycles. The summed E-state index contributed by atoms with van der Waals surface area (Å²) in [4.78, 5) is 0. The Morgan fingerprint density at radius 2 is 1.78 bits per heavy atom. The fourth-order valence-corrected chi connectivity index (χ4v) is 1.66. The number of nitrogens with one attached hydrogen (secondary N) is 1. The third kappa shape index (κ3) is 2.59. The average Bonchev–Trinajstić information content (AvgIpc) is 2.33. The topological polar surface area (TPSA) is 32.3 Å². The van der Waals surface area contributed by atoms with Crippen LogP contribution in [0.1, 0.15) is 11.1 Å². The van der Waals surface area contributed by atoms with Gasteiger partial charge < -0.3 is 10.4 Å². The first-order valence-electron chi connectivity index (χ1n) is 5.54. The number of aromatic hydroxyl groups is 1. The summed E-state index contributed by atoms with van der Waals surface area (Å²) in [6.07, 6.45) is 0. The van der Waals surface area contributed by atoms with Gasteiger partial charge in [-0.05, 0) is 42.8 Å². The molecule has 0 aliphatic carbocycles. The molecule has 2 rings (SSSR count). The molecule has 0 fully saturated rings. The van der Waals surface area contributed by atoms with Gasteiger partial charge in [-0.2, -0.15) is 0 Å². The van der Waals surface area contributed by atoms with Gasteiger partial charge in [0, 0.05) is 17.8 Å². The summed E-state index contributed by atoms with van der Waals surface area (Å²) in [5.74, 6) is -0.950. The van der Waals surface area contributed by atoms with Crippen LogP contribution in [-0.4, -0.2) is 5.11 Å². The van der Waals surface area contributed by atoms with Gasteiger partial charge in [0.25, 0.3) is 0 Å². The number of benzene rings is 2. The number of phenols is 1. The van der Waals surface area contributed by atoms with E-state index in [-0.39, 0.29) is 17.9 Å². The van der Waals surface area contributed by atoms with Crippen molar-refractivity contribution in [3.63, 3.8) is 0 Å². The smallest absolute Gasteiger partial charge is 0.131 e. The third-order valence-electron chi connectivity index (χ3n) is 2.73. The molecule has 0 amide bonds. The van der Waals surface area contributed by atoms with E-state index in [1.807, 2.05) is 0 Å². The molecule has 2 aromatic rings. The van der Waals surface area contributed by atoms with Crippen LogP contribution in [0.4, 0.5) is 14.5 Å². The molecule has 0 unspecified atom stereocenters. The Balaban J connectivity index is 2.14. The van der Waals surface area contributed by atoms with Crippen molar-refractivity contribution >= 4 is 5.69 Å². The number of halogens is 2. The summed E-state index contributed by atoms with van der Waals surface area (Å²) in [6, 6.07) is 8.69. The van der Waals surface area contributed by atoms with Gasteiger partial charge in [-0.25, -0.2) is 8.78 Å². The number of hydrogen-bond donors (Lipinski definition) is 2. The van der Waals surface area contributed by atoms with Gasteiger partial charge in [0.15, 0.2) is 0 Å². The zero-order chi connectivity index (χ0) is 13.1. The van der Waals surface area contributed by atoms with E-state index in [0.29, 0.717) is 11.3 Å². The number of hydrogen-bond acceptors (Lipinski definition) is 2. The lowest BCUT2D eigenvalue weighted by Gasteiger charge is -2.09. The van der Waals surface area contributed by atoms with Gasteiger partial charge in [0.05, 0.1) is 0 Å². The molecule has 18 heavy (non-hydrogen) atoms. The van der Waals surface area contributed by atoms with Crippen LogP contribution in [0.3, 0.4) is 0 Å². The van der Waals surface area contributed by atoms with E-state index in [9.17, 15) is 13.9 Å². The van der Waals surface area contributed by atoms with E-state index in [0.717, 1.165) is 0 Å². The summed E-state index contributed by atoms with van der Waals surface area (Å²) in [7, 11) is 0. The maximum atomic E-state index is 13.4. The van der Waals surface area contributed by atoms with Crippen molar-refractivity contribution in [3.05, 3.63) is 59.2 Å². The lowest BCUT2D eigenvalue weighted by atomic mass is 10.1. The first kappa shape index (κ1) is 12.4. The second-order valence-corrected chi connectivity index (χ2v) is 4.06. The predicted molar refractivity (Wildman–Crippen MR) is 66.5 cm³/mol. The Hall–Kier alpha value is -2.10. The van der Waals surface area contributed by atoms with Gasteiger partial charge in [-0.3, -0.25) is 0 Å². The van der Waals surface area contributed by atoms with E-state index < -0.39 is 11.6 Å². The highest BCUT2D eigenvalue weighted by Crippen LogP contribution is 2.21. The lowest BCUT2D eigenvalue weighted by molar-refractivity contribution is 0.471. The summed E-state index contributed by atoms with van der Waals surface area (Å²) in [6.45, 7) is 1.81. The molecule has 0 saturated carbocycles. The van der Waals surface area contributed by atoms with Crippen molar-refractivity contribution < 1.29 is 13.9 Å². The molecule has 94 valence electrons. The van der Waals surface area contributed by atoms with E-state index in [2.05, 4.69) is 5.32 Å². The summed E-state index contributed by atoms with van der Waals surface area (Å²) in [5, 5.41) is 12.3. The Morgan fingerprint density at radius 1 is 1.11 bits per heavy atom. The molecule has 4 heteroatoms. The highest BCUT2D eigenvalue weighted by Gasteiger charge is 2.07. The third-order valence-corrected chi connectivity index (χ3v) is 2.73. The van der Waals surface area contributed by atoms with E-state index in [4.69, 9.17) is 0 Å². The van der Waals surface area contributed by atoms with Crippen LogP contribution in [0.15, 0.2) is 36.4 Å². The molecular formula is C14H13F2NO. The molecule has 0 bridgehead atoms. The van der Waals surface area contributed by atoms with Crippen molar-refractivity contribution in [2.45, 2.75) is 13.5 Å². The summed E-state index contributed by atoms with van der Waals surface area (Å²) < 4.78 is 26.8. The molecular weight excluding hydrogens is 236 g/mol. The fraction of sp³-hybridized carbons (Fsp3) is 0.143. The van der Waals surface area contributed by atoms with Crippen molar-refractivity contribution in [2.24, 2.45) is 0 Å². The highest BCUT2D eigenvalue weighted by molar-refractivity contribution is 5.50. The molecule has 2 nitrogen and oxygen atoms in total. The van der Waals surface area contributed by atoms with Crippen molar-refractivity contribution in [1.29, 1.82) is 0 Å². The first-order chi connectivity index (χ1) is 8.58. The molecule has 0 radical (unpaired) electrons. The molecule has 0 spiro atoms. The van der Waals surface area contributed by atoms with Crippen LogP contribution >= 0.6 is 0 Å². The molecule has 0 atom stereocenters. The minimum atomic E-state index is -0.571. The average molecular weight is 249 g/mol. The molecule has 2 aromatic carbocycles. The second kappa shape index (κ2) is 5.04. The van der Waals surface area contributed by atoms with E-state index in [1.165, 1.54) is 24.3 Å². The van der Waals surface area contributed by atoms with Crippen molar-refractivity contribution in [3.8, 4) is 5.75 Å². The standard InChI is InChI=1S/C14H13F2NO/c1-9-7-10(5-6-14(9)18)17-8-11-12(15)3-2-4-13(11)16/h2-7,17-18H,8H2,1H3. The maximum Gasteiger partial charge on any atom is 0.131 e. The molecule has 0 saturated heterocycles. The Morgan fingerprint density at radius 3 is 2.39 bits per heavy atom. The van der Waals surface area contributed by atoms with Gasteiger partial charge in [0.1, 0.15) is 17.4 Å². The minimum Gasteiger partial charge on any atom is -0.508 e. The monoisotopic (exact) mass is 249 g/mol. The van der Waals surface area contributed by atoms with Crippen LogP contribution in [0.2, 0.25) is 0 Å². The highest BCUT2D eigenvalue weighted by atomic mass is 19.1. The van der Waals surface area contributed by atoms with Gasteiger partial charge in [0.2, 0.25) is 0 Å². The van der Waals surface area contributed by atoms with Crippen LogP contribution in [0, 0.1) is 18.6 Å². The van der Waals surface area contributed by atoms with Crippen LogP contribution in [0.5, 0.6) is 5.75 Å². The number of rotatable bonds is 3. The zero-order valence-electron chi connectivity index (χ0n) is 9.87. The van der Waals surface area contributed by atoms with Gasteiger partial charge >= 0.3 is 0 Å². The lowest BCUT2D eigenvalue weighted by Crippen LogP contribution is -2.04. The second-order valence-electron chi connectivity index (χ2n) is 4.06. The van der Waals surface area contributed by atoms with Crippen LogP contribution in [0.25, 0.3) is 0 Å². The number of aryl methyl sites for hydroxylation is 1. The summed E-state index contributed by atoms with van der Waals surface area (Å²) in [5.41, 5.74) is 1.41. The normalized spacial score (nSPS) is 10.4. The maximum absolute atomic E-state index is 13.4. The number of anilines is 1. The van der Waals surface area contributed by atoms with Crippen molar-refractivity contribution in [2.75, 3.05) is 5.32 Å². The minimum absolute atomic E-state index is 0.00299. The molecule has 0 aromatic heterocycles. The number of phenolic OH excluding ortho intramolecular Hbond substituents is 1. The summed E-state index contributed by atoms with van der Waals surface area (Å²) >= 11 is 0. The Kier molecular flexibility index (Phi) is 3.46. The van der Waals surface area contributed by atoms with E-state index in [1.54, 1.807) is 19.1 Å². The SMILES string of the molecule is Cc1cc(NCc2c(F)cccc2F)ccc1O. The first-order valence-corrected chi connectivity index (χ1v) is 5.54. The molecule has 0 heterocycles. The molecule has 2 N–H and O–H groups in total. The van der Waals surface area contributed by atoms with E-state index >= 15 is 0 Å². The van der Waals surface area contributed by atoms with Gasteiger partial charge in [-0.15, -0.1) is 0 Å². The Bertz CT molecular complexity index is 549. The van der Waals surface area contributed by atoms with Crippen LogP contribution < -0.4 is 5.32 Å². The van der Waals surface area contributed by atoms with Crippen LogP contribution in [-0.2, 0) is 6.54 Å². The largest absolute Gasteiger partial charge is 0.508 e. The van der Waals surface area contributed by atoms with Crippen molar-refractivity contribution in [1.82, 2.24) is 0 Å². The molecule has 0 aliphatic rings. The zero-order valence-corrected chi connectivity index (χ0v) is 9.87. The Labute approximate surface area is 104 Å². The van der Waals surface area contributed by atoms with Gasteiger partial charge in [-0.1, -0.05) is 6.07 Å². The predicted octanol–water partition coefficient (Wildman–Crippen LogP) is 3.59.